The first-order chi connectivity index (χ1) is 13.0. The van der Waals surface area contributed by atoms with E-state index in [2.05, 4.69) is 10.9 Å². The van der Waals surface area contributed by atoms with E-state index in [0.717, 1.165) is 4.70 Å². The number of thiazole rings is 1. The maximum atomic E-state index is 12.7. The highest BCUT2D eigenvalue weighted by atomic mass is 35.5. The van der Waals surface area contributed by atoms with E-state index < -0.39 is 5.91 Å². The van der Waals surface area contributed by atoms with Gasteiger partial charge in [0, 0.05) is 10.6 Å². The Labute approximate surface area is 169 Å². The molecular formula is C19H14Cl2N2O3S. The highest BCUT2D eigenvalue weighted by molar-refractivity contribution is 7.16. The molecular weight excluding hydrogens is 407 g/mol. The largest absolute Gasteiger partial charge is 0.493 e. The van der Waals surface area contributed by atoms with E-state index in [9.17, 15) is 4.79 Å². The second kappa shape index (κ2) is 8.05. The Balaban J connectivity index is 2.15. The van der Waals surface area contributed by atoms with E-state index >= 15 is 0 Å². The first-order valence-corrected chi connectivity index (χ1v) is 9.28. The summed E-state index contributed by atoms with van der Waals surface area (Å²) >= 11 is 13.7. The van der Waals surface area contributed by atoms with Gasteiger partial charge in [-0.25, -0.2) is 0 Å². The standard InChI is InChI=1S/C19H14Cl2N2O3S/c1-4-7-23-17-13(21)9-12(20)10-16(17)27-19(23)22-18(24)11-5-6-14(25-2)15(8-11)26-3/h1,5-6,8-10H,7H2,2-3H3. The summed E-state index contributed by atoms with van der Waals surface area (Å²) in [7, 11) is 3.03. The molecule has 1 amide bonds. The summed E-state index contributed by atoms with van der Waals surface area (Å²) in [5, 5.41) is 0.948. The fraction of sp³-hybridized carbons (Fsp3) is 0.158. The lowest BCUT2D eigenvalue weighted by atomic mass is 10.2. The van der Waals surface area contributed by atoms with Gasteiger partial charge in [-0.1, -0.05) is 40.5 Å². The van der Waals surface area contributed by atoms with Crippen molar-refractivity contribution in [3.05, 3.63) is 50.7 Å². The molecule has 8 heteroatoms. The number of halogens is 2. The fourth-order valence-electron chi connectivity index (χ4n) is 2.57. The zero-order chi connectivity index (χ0) is 19.6. The van der Waals surface area contributed by atoms with Crippen LogP contribution in [-0.2, 0) is 6.54 Å². The highest BCUT2D eigenvalue weighted by Crippen LogP contribution is 2.30. The molecule has 27 heavy (non-hydrogen) atoms. The van der Waals surface area contributed by atoms with Crippen molar-refractivity contribution in [3.8, 4) is 23.8 Å². The number of methoxy groups -OCH3 is 2. The molecule has 3 aromatic rings. The molecule has 2 aromatic carbocycles. The van der Waals surface area contributed by atoms with Gasteiger partial charge in [-0.2, -0.15) is 4.99 Å². The average molecular weight is 421 g/mol. The van der Waals surface area contributed by atoms with Gasteiger partial charge in [-0.05, 0) is 30.3 Å². The Morgan fingerprint density at radius 2 is 1.96 bits per heavy atom. The molecule has 0 radical (unpaired) electrons. The number of hydrogen-bond acceptors (Lipinski definition) is 4. The summed E-state index contributed by atoms with van der Waals surface area (Å²) < 4.78 is 12.9. The predicted octanol–water partition coefficient (Wildman–Crippen LogP) is 4.40. The number of carbonyl (C=O) groups is 1. The quantitative estimate of drug-likeness (QED) is 0.587. The zero-order valence-corrected chi connectivity index (χ0v) is 16.8. The lowest BCUT2D eigenvalue weighted by Gasteiger charge is -2.07. The smallest absolute Gasteiger partial charge is 0.279 e. The molecule has 138 valence electrons. The molecule has 0 fully saturated rings. The Bertz CT molecular complexity index is 1140. The number of terminal acetylenes is 1. The topological polar surface area (TPSA) is 52.8 Å². The molecule has 3 rings (SSSR count). The molecule has 0 bridgehead atoms. The molecule has 0 unspecified atom stereocenters. The SMILES string of the molecule is C#CCn1c(=NC(=O)c2ccc(OC)c(OC)c2)sc2cc(Cl)cc(Cl)c21. The van der Waals surface area contributed by atoms with Gasteiger partial charge in [0.05, 0.1) is 36.0 Å². The van der Waals surface area contributed by atoms with E-state index in [4.69, 9.17) is 39.1 Å². The van der Waals surface area contributed by atoms with Gasteiger partial charge in [0.2, 0.25) is 0 Å². The third-order valence-corrected chi connectivity index (χ3v) is 5.30. The van der Waals surface area contributed by atoms with Crippen LogP contribution in [0.3, 0.4) is 0 Å². The van der Waals surface area contributed by atoms with E-state index in [0.29, 0.717) is 37.4 Å². The average Bonchev–Trinajstić information content (AvgIpc) is 2.98. The number of aromatic nitrogens is 1. The second-order valence-corrected chi connectivity index (χ2v) is 7.25. The molecule has 1 aromatic heterocycles. The summed E-state index contributed by atoms with van der Waals surface area (Å²) in [6.07, 6.45) is 5.48. The van der Waals surface area contributed by atoms with Crippen LogP contribution in [0.2, 0.25) is 10.0 Å². The summed E-state index contributed by atoms with van der Waals surface area (Å²) in [5.74, 6) is 3.10. The molecule has 0 aliphatic carbocycles. The van der Waals surface area contributed by atoms with Crippen LogP contribution in [0.5, 0.6) is 11.5 Å². The minimum Gasteiger partial charge on any atom is -0.493 e. The van der Waals surface area contributed by atoms with Crippen LogP contribution in [0, 0.1) is 12.3 Å². The molecule has 5 nitrogen and oxygen atoms in total. The third-order valence-electron chi connectivity index (χ3n) is 3.77. The molecule has 0 saturated carbocycles. The van der Waals surface area contributed by atoms with Crippen molar-refractivity contribution in [2.75, 3.05) is 14.2 Å². The number of carbonyl (C=O) groups excluding carboxylic acids is 1. The van der Waals surface area contributed by atoms with Crippen molar-refractivity contribution in [1.82, 2.24) is 4.57 Å². The van der Waals surface area contributed by atoms with Crippen molar-refractivity contribution in [3.63, 3.8) is 0 Å². The van der Waals surface area contributed by atoms with E-state index in [-0.39, 0.29) is 6.54 Å². The molecule has 0 saturated heterocycles. The Hall–Kier alpha value is -2.46. The first-order valence-electron chi connectivity index (χ1n) is 7.71. The van der Waals surface area contributed by atoms with E-state index in [1.165, 1.54) is 25.6 Å². The highest BCUT2D eigenvalue weighted by Gasteiger charge is 2.14. The number of ether oxygens (including phenoxy) is 2. The number of benzene rings is 2. The number of amides is 1. The number of fused-ring (bicyclic) bond motifs is 1. The Kier molecular flexibility index (Phi) is 5.76. The van der Waals surface area contributed by atoms with Crippen molar-refractivity contribution in [2.24, 2.45) is 4.99 Å². The van der Waals surface area contributed by atoms with E-state index in [1.807, 2.05) is 0 Å². The van der Waals surface area contributed by atoms with E-state index in [1.54, 1.807) is 34.9 Å². The lowest BCUT2D eigenvalue weighted by molar-refractivity contribution is 0.0997. The monoisotopic (exact) mass is 420 g/mol. The van der Waals surface area contributed by atoms with Gasteiger partial charge < -0.3 is 14.0 Å². The summed E-state index contributed by atoms with van der Waals surface area (Å²) in [6.45, 7) is 0.222. The van der Waals surface area contributed by atoms with Crippen LogP contribution in [0.25, 0.3) is 10.2 Å². The molecule has 0 N–H and O–H groups in total. The molecule has 0 aliphatic heterocycles. The Morgan fingerprint density at radius 1 is 1.22 bits per heavy atom. The normalized spacial score (nSPS) is 11.4. The number of rotatable bonds is 4. The number of hydrogen-bond donors (Lipinski definition) is 0. The minimum absolute atomic E-state index is 0.222. The van der Waals surface area contributed by atoms with Gasteiger partial charge in [0.1, 0.15) is 0 Å². The van der Waals surface area contributed by atoms with Gasteiger partial charge in [0.15, 0.2) is 16.3 Å². The van der Waals surface area contributed by atoms with Crippen LogP contribution in [-0.4, -0.2) is 24.7 Å². The second-order valence-electron chi connectivity index (χ2n) is 5.40. The van der Waals surface area contributed by atoms with Crippen molar-refractivity contribution < 1.29 is 14.3 Å². The summed E-state index contributed by atoms with van der Waals surface area (Å²) in [5.41, 5.74) is 1.06. The van der Waals surface area contributed by atoms with Crippen LogP contribution in [0.4, 0.5) is 0 Å². The van der Waals surface area contributed by atoms with Crippen LogP contribution in [0.15, 0.2) is 35.3 Å². The maximum absolute atomic E-state index is 12.7. The molecule has 1 heterocycles. The maximum Gasteiger partial charge on any atom is 0.279 e. The first kappa shape index (κ1) is 19.3. The van der Waals surface area contributed by atoms with Gasteiger partial charge in [-0.15, -0.1) is 6.42 Å². The van der Waals surface area contributed by atoms with Crippen molar-refractivity contribution in [1.29, 1.82) is 0 Å². The molecule has 0 spiro atoms. The van der Waals surface area contributed by atoms with Crippen LogP contribution in [0.1, 0.15) is 10.4 Å². The molecule has 0 aliphatic rings. The van der Waals surface area contributed by atoms with Gasteiger partial charge in [-0.3, -0.25) is 4.79 Å². The van der Waals surface area contributed by atoms with Crippen molar-refractivity contribution >= 4 is 50.7 Å². The Morgan fingerprint density at radius 3 is 2.63 bits per heavy atom. The summed E-state index contributed by atoms with van der Waals surface area (Å²) in [4.78, 5) is 17.4. The van der Waals surface area contributed by atoms with Crippen molar-refractivity contribution in [2.45, 2.75) is 6.54 Å². The molecule has 0 atom stereocenters. The fourth-order valence-corrected chi connectivity index (χ4v) is 4.38. The van der Waals surface area contributed by atoms with Crippen LogP contribution >= 0.6 is 34.5 Å². The predicted molar refractivity (Wildman–Crippen MR) is 108 cm³/mol. The van der Waals surface area contributed by atoms with Gasteiger partial charge >= 0.3 is 0 Å². The number of nitrogens with zero attached hydrogens (tertiary/aromatic N) is 2. The van der Waals surface area contributed by atoms with Gasteiger partial charge in [0.25, 0.3) is 5.91 Å². The van der Waals surface area contributed by atoms with Crippen LogP contribution < -0.4 is 14.3 Å². The summed E-state index contributed by atoms with van der Waals surface area (Å²) in [6, 6.07) is 8.24. The third kappa shape index (κ3) is 3.81. The zero-order valence-electron chi connectivity index (χ0n) is 14.5. The lowest BCUT2D eigenvalue weighted by Crippen LogP contribution is -2.16. The minimum atomic E-state index is -0.435.